The molecule has 2 heterocycles. The lowest BCUT2D eigenvalue weighted by Gasteiger charge is -2.05. The molecule has 2 N–H and O–H groups in total. The summed E-state index contributed by atoms with van der Waals surface area (Å²) >= 11 is 0. The number of hydrogen-bond acceptors (Lipinski definition) is 3. The van der Waals surface area contributed by atoms with Crippen molar-refractivity contribution in [2.45, 2.75) is 20.3 Å². The van der Waals surface area contributed by atoms with Crippen molar-refractivity contribution in [3.8, 4) is 0 Å². The van der Waals surface area contributed by atoms with Crippen molar-refractivity contribution in [3.05, 3.63) is 23.5 Å². The number of aryl methyl sites for hydroxylation is 2. The first-order valence-corrected chi connectivity index (χ1v) is 4.96. The van der Waals surface area contributed by atoms with Crippen molar-refractivity contribution in [2.24, 2.45) is 0 Å². The van der Waals surface area contributed by atoms with Crippen LogP contribution in [0.4, 0.5) is 10.6 Å². The third kappa shape index (κ3) is 1.69. The van der Waals surface area contributed by atoms with Gasteiger partial charge in [0.1, 0.15) is 5.82 Å². The number of carboxylic acid groups (broad SMARTS) is 1. The number of anilines is 1. The quantitative estimate of drug-likeness (QED) is 0.807. The normalized spacial score (nSPS) is 10.6. The maximum atomic E-state index is 10.6. The molecule has 1 amide bonds. The first-order valence-electron chi connectivity index (χ1n) is 4.96. The molecule has 84 valence electrons. The highest BCUT2D eigenvalue weighted by molar-refractivity contribution is 5.82. The summed E-state index contributed by atoms with van der Waals surface area (Å²) in [7, 11) is 0. The van der Waals surface area contributed by atoms with Crippen LogP contribution in [0.25, 0.3) is 5.65 Å². The van der Waals surface area contributed by atoms with Gasteiger partial charge in [0.2, 0.25) is 0 Å². The summed E-state index contributed by atoms with van der Waals surface area (Å²) in [5, 5.41) is 15.1. The molecule has 0 saturated carbocycles. The third-order valence-electron chi connectivity index (χ3n) is 2.29. The van der Waals surface area contributed by atoms with E-state index in [1.54, 1.807) is 12.3 Å². The molecule has 0 atom stereocenters. The molecule has 0 radical (unpaired) electrons. The van der Waals surface area contributed by atoms with E-state index in [1.165, 1.54) is 4.52 Å². The van der Waals surface area contributed by atoms with Gasteiger partial charge in [0.15, 0.2) is 5.65 Å². The highest BCUT2D eigenvalue weighted by Crippen LogP contribution is 2.16. The highest BCUT2D eigenvalue weighted by atomic mass is 16.4. The SMILES string of the molecule is CCc1cnn2c(NC(=O)O)cc(C)nc12. The largest absolute Gasteiger partial charge is 0.465 e. The second-order valence-electron chi connectivity index (χ2n) is 3.47. The topological polar surface area (TPSA) is 79.5 Å². The fourth-order valence-corrected chi connectivity index (χ4v) is 1.58. The summed E-state index contributed by atoms with van der Waals surface area (Å²) in [6.07, 6.45) is 1.40. The second-order valence-corrected chi connectivity index (χ2v) is 3.47. The molecule has 0 bridgehead atoms. The van der Waals surface area contributed by atoms with Gasteiger partial charge in [-0.25, -0.2) is 9.78 Å². The summed E-state index contributed by atoms with van der Waals surface area (Å²) in [6, 6.07) is 1.65. The monoisotopic (exact) mass is 220 g/mol. The zero-order valence-corrected chi connectivity index (χ0v) is 9.06. The standard InChI is InChI=1S/C10H12N4O2/c1-3-7-5-11-14-8(13-10(15)16)4-6(2)12-9(7)14/h4-5,13H,3H2,1-2H3,(H,15,16). The Kier molecular flexibility index (Phi) is 2.47. The Hall–Kier alpha value is -2.11. The summed E-state index contributed by atoms with van der Waals surface area (Å²) in [6.45, 7) is 3.82. The minimum atomic E-state index is -1.11. The van der Waals surface area contributed by atoms with Crippen molar-refractivity contribution in [2.75, 3.05) is 5.32 Å². The molecule has 0 fully saturated rings. The van der Waals surface area contributed by atoms with Crippen LogP contribution in [0.1, 0.15) is 18.2 Å². The number of hydrogen-bond donors (Lipinski definition) is 2. The van der Waals surface area contributed by atoms with Crippen LogP contribution >= 0.6 is 0 Å². The van der Waals surface area contributed by atoms with Gasteiger partial charge in [-0.1, -0.05) is 6.92 Å². The molecule has 0 aliphatic carbocycles. The van der Waals surface area contributed by atoms with E-state index in [4.69, 9.17) is 5.11 Å². The molecule has 0 aliphatic rings. The van der Waals surface area contributed by atoms with Gasteiger partial charge >= 0.3 is 6.09 Å². The molecule has 0 spiro atoms. The predicted molar refractivity (Wildman–Crippen MR) is 58.7 cm³/mol. The van der Waals surface area contributed by atoms with Crippen molar-refractivity contribution in [1.29, 1.82) is 0 Å². The lowest BCUT2D eigenvalue weighted by molar-refractivity contribution is 0.209. The van der Waals surface area contributed by atoms with Gasteiger partial charge in [-0.2, -0.15) is 9.61 Å². The average Bonchev–Trinajstić information content (AvgIpc) is 2.59. The van der Waals surface area contributed by atoms with Crippen LogP contribution in [0.2, 0.25) is 0 Å². The number of fused-ring (bicyclic) bond motifs is 1. The van der Waals surface area contributed by atoms with Gasteiger partial charge in [-0.3, -0.25) is 5.32 Å². The molecule has 0 saturated heterocycles. The Morgan fingerprint density at radius 1 is 1.62 bits per heavy atom. The molecule has 2 rings (SSSR count). The number of rotatable bonds is 2. The lowest BCUT2D eigenvalue weighted by atomic mass is 10.2. The number of aromatic nitrogens is 3. The van der Waals surface area contributed by atoms with Gasteiger partial charge < -0.3 is 5.11 Å². The third-order valence-corrected chi connectivity index (χ3v) is 2.29. The lowest BCUT2D eigenvalue weighted by Crippen LogP contribution is -2.12. The molecule has 6 heteroatoms. The fourth-order valence-electron chi connectivity index (χ4n) is 1.58. The van der Waals surface area contributed by atoms with E-state index < -0.39 is 6.09 Å². The molecule has 2 aromatic heterocycles. The average molecular weight is 220 g/mol. The highest BCUT2D eigenvalue weighted by Gasteiger charge is 2.10. The van der Waals surface area contributed by atoms with Crippen LogP contribution in [0.5, 0.6) is 0 Å². The van der Waals surface area contributed by atoms with Crippen LogP contribution in [0.15, 0.2) is 12.3 Å². The van der Waals surface area contributed by atoms with Crippen molar-refractivity contribution in [3.63, 3.8) is 0 Å². The van der Waals surface area contributed by atoms with Crippen LogP contribution in [-0.2, 0) is 6.42 Å². The van der Waals surface area contributed by atoms with Gasteiger partial charge in [0.05, 0.1) is 6.20 Å². The summed E-state index contributed by atoms with van der Waals surface area (Å²) in [4.78, 5) is 15.0. The van der Waals surface area contributed by atoms with E-state index >= 15 is 0 Å². The Morgan fingerprint density at radius 3 is 3.00 bits per heavy atom. The number of amides is 1. The molecular weight excluding hydrogens is 208 g/mol. The first kappa shape index (κ1) is 10.4. The number of nitrogens with one attached hydrogen (secondary N) is 1. The smallest absolute Gasteiger partial charge is 0.410 e. The van der Waals surface area contributed by atoms with Crippen LogP contribution in [0, 0.1) is 6.92 Å². The van der Waals surface area contributed by atoms with Crippen molar-refractivity contribution in [1.82, 2.24) is 14.6 Å². The fraction of sp³-hybridized carbons (Fsp3) is 0.300. The summed E-state index contributed by atoms with van der Waals surface area (Å²) in [5.41, 5.74) is 2.45. The summed E-state index contributed by atoms with van der Waals surface area (Å²) in [5.74, 6) is 0.412. The Bertz CT molecular complexity index is 547. The molecule has 0 unspecified atom stereocenters. The molecule has 6 nitrogen and oxygen atoms in total. The molecule has 16 heavy (non-hydrogen) atoms. The van der Waals surface area contributed by atoms with E-state index in [1.807, 2.05) is 13.8 Å². The number of carbonyl (C=O) groups is 1. The van der Waals surface area contributed by atoms with Crippen molar-refractivity contribution < 1.29 is 9.90 Å². The van der Waals surface area contributed by atoms with Crippen LogP contribution in [-0.4, -0.2) is 25.8 Å². The van der Waals surface area contributed by atoms with Crippen LogP contribution < -0.4 is 5.32 Å². The molecule has 2 aromatic rings. The predicted octanol–water partition coefficient (Wildman–Crippen LogP) is 1.69. The zero-order valence-electron chi connectivity index (χ0n) is 9.06. The van der Waals surface area contributed by atoms with E-state index in [-0.39, 0.29) is 0 Å². The van der Waals surface area contributed by atoms with Gasteiger partial charge in [-0.05, 0) is 13.3 Å². The van der Waals surface area contributed by atoms with Crippen molar-refractivity contribution >= 4 is 17.6 Å². The van der Waals surface area contributed by atoms with Crippen LogP contribution in [0.3, 0.4) is 0 Å². The van der Waals surface area contributed by atoms with Gasteiger partial charge in [0, 0.05) is 17.3 Å². The molecule has 0 aromatic carbocycles. The molecule has 0 aliphatic heterocycles. The van der Waals surface area contributed by atoms with Gasteiger partial charge in [0.25, 0.3) is 0 Å². The summed E-state index contributed by atoms with van der Waals surface area (Å²) < 4.78 is 1.50. The number of nitrogens with zero attached hydrogens (tertiary/aromatic N) is 3. The van der Waals surface area contributed by atoms with E-state index in [0.717, 1.165) is 17.7 Å². The van der Waals surface area contributed by atoms with E-state index in [0.29, 0.717) is 11.5 Å². The minimum Gasteiger partial charge on any atom is -0.465 e. The Labute approximate surface area is 91.9 Å². The maximum Gasteiger partial charge on any atom is 0.410 e. The van der Waals surface area contributed by atoms with E-state index in [2.05, 4.69) is 15.4 Å². The second kappa shape index (κ2) is 3.80. The maximum absolute atomic E-state index is 10.6. The van der Waals surface area contributed by atoms with Gasteiger partial charge in [-0.15, -0.1) is 0 Å². The first-order chi connectivity index (χ1) is 7.61. The van der Waals surface area contributed by atoms with E-state index in [9.17, 15) is 4.79 Å². The Morgan fingerprint density at radius 2 is 2.38 bits per heavy atom. The molecular formula is C10H12N4O2. The minimum absolute atomic E-state index is 0.412. The Balaban J connectivity index is 2.64. The zero-order chi connectivity index (χ0) is 11.7.